The zero-order chi connectivity index (χ0) is 22.7. The Hall–Kier alpha value is -3.93. The SMILES string of the molecule is CC(C)c1[nH]c(-c2cnc(N(C)C)nc2)c(-c2ccccc2)c1C(=O)Nc1ccccc1. The summed E-state index contributed by atoms with van der Waals surface area (Å²) in [4.78, 5) is 27.9. The second kappa shape index (κ2) is 9.06. The van der Waals surface area contributed by atoms with E-state index in [1.165, 1.54) is 0 Å². The lowest BCUT2D eigenvalue weighted by Gasteiger charge is -2.12. The average Bonchev–Trinajstić information content (AvgIpc) is 3.21. The maximum absolute atomic E-state index is 13.6. The van der Waals surface area contributed by atoms with Crippen molar-refractivity contribution in [2.24, 2.45) is 0 Å². The molecular weight excluding hydrogens is 398 g/mol. The van der Waals surface area contributed by atoms with Crippen molar-refractivity contribution >= 4 is 17.5 Å². The lowest BCUT2D eigenvalue weighted by atomic mass is 9.95. The van der Waals surface area contributed by atoms with Crippen LogP contribution in [0.2, 0.25) is 0 Å². The zero-order valence-electron chi connectivity index (χ0n) is 18.8. The Bertz CT molecular complexity index is 1200. The van der Waals surface area contributed by atoms with Gasteiger partial charge in [0, 0.05) is 49.0 Å². The van der Waals surface area contributed by atoms with Crippen LogP contribution in [-0.2, 0) is 0 Å². The molecule has 0 spiro atoms. The molecule has 32 heavy (non-hydrogen) atoms. The molecule has 6 nitrogen and oxygen atoms in total. The molecule has 0 aliphatic carbocycles. The van der Waals surface area contributed by atoms with Gasteiger partial charge in [0.15, 0.2) is 0 Å². The number of rotatable bonds is 6. The van der Waals surface area contributed by atoms with Crippen LogP contribution in [0.1, 0.15) is 35.8 Å². The number of amides is 1. The van der Waals surface area contributed by atoms with Crippen molar-refractivity contribution in [1.29, 1.82) is 0 Å². The monoisotopic (exact) mass is 425 g/mol. The van der Waals surface area contributed by atoms with E-state index >= 15 is 0 Å². The number of nitrogens with zero attached hydrogens (tertiary/aromatic N) is 3. The highest BCUT2D eigenvalue weighted by Gasteiger charge is 2.26. The second-order valence-corrected chi connectivity index (χ2v) is 8.17. The molecule has 0 atom stereocenters. The molecule has 0 fully saturated rings. The van der Waals surface area contributed by atoms with E-state index < -0.39 is 0 Å². The van der Waals surface area contributed by atoms with Crippen LogP contribution in [0.25, 0.3) is 22.4 Å². The first-order valence-corrected chi connectivity index (χ1v) is 10.6. The molecule has 0 bridgehead atoms. The minimum atomic E-state index is -0.146. The molecule has 2 N–H and O–H groups in total. The van der Waals surface area contributed by atoms with Crippen LogP contribution in [0.5, 0.6) is 0 Å². The molecule has 0 saturated heterocycles. The highest BCUT2D eigenvalue weighted by molar-refractivity contribution is 6.12. The quantitative estimate of drug-likeness (QED) is 0.423. The fourth-order valence-electron chi connectivity index (χ4n) is 3.69. The minimum Gasteiger partial charge on any atom is -0.357 e. The van der Waals surface area contributed by atoms with Gasteiger partial charge >= 0.3 is 0 Å². The number of carbonyl (C=O) groups is 1. The van der Waals surface area contributed by atoms with Gasteiger partial charge in [0.05, 0.1) is 11.3 Å². The number of nitrogens with one attached hydrogen (secondary N) is 2. The number of carbonyl (C=O) groups excluding carboxylic acids is 1. The van der Waals surface area contributed by atoms with Crippen LogP contribution in [0.15, 0.2) is 73.1 Å². The third-order valence-corrected chi connectivity index (χ3v) is 5.25. The number of aromatic nitrogens is 3. The smallest absolute Gasteiger partial charge is 0.258 e. The molecule has 0 saturated carbocycles. The number of hydrogen-bond acceptors (Lipinski definition) is 4. The predicted octanol–water partition coefficient (Wildman–Crippen LogP) is 5.58. The molecule has 0 aliphatic heterocycles. The standard InChI is InChI=1S/C26H27N5O/c1-17(2)23-22(25(32)29-20-13-9-6-10-14-20)21(18-11-7-5-8-12-18)24(30-23)19-15-27-26(28-16-19)31(3)4/h5-17,30H,1-4H3,(H,29,32). The molecular formula is C26H27N5O. The van der Waals surface area contributed by atoms with Gasteiger partial charge in [-0.25, -0.2) is 9.97 Å². The highest BCUT2D eigenvalue weighted by atomic mass is 16.1. The minimum absolute atomic E-state index is 0.115. The van der Waals surface area contributed by atoms with Crippen LogP contribution in [-0.4, -0.2) is 35.0 Å². The zero-order valence-corrected chi connectivity index (χ0v) is 18.8. The Morgan fingerprint density at radius 3 is 2.06 bits per heavy atom. The van der Waals surface area contributed by atoms with Gasteiger partial charge in [0.2, 0.25) is 5.95 Å². The number of para-hydroxylation sites is 1. The topological polar surface area (TPSA) is 73.9 Å². The fourth-order valence-corrected chi connectivity index (χ4v) is 3.69. The van der Waals surface area contributed by atoms with Gasteiger partial charge < -0.3 is 15.2 Å². The van der Waals surface area contributed by atoms with E-state index in [1.54, 1.807) is 12.4 Å². The van der Waals surface area contributed by atoms with Crippen molar-refractivity contribution in [1.82, 2.24) is 15.0 Å². The van der Waals surface area contributed by atoms with E-state index in [-0.39, 0.29) is 11.8 Å². The largest absolute Gasteiger partial charge is 0.357 e. The van der Waals surface area contributed by atoms with Crippen LogP contribution in [0.3, 0.4) is 0 Å². The Morgan fingerprint density at radius 2 is 1.50 bits per heavy atom. The normalized spacial score (nSPS) is 10.9. The number of H-pyrrole nitrogens is 1. The fraction of sp³-hybridized carbons (Fsp3) is 0.192. The van der Waals surface area contributed by atoms with E-state index in [2.05, 4.69) is 34.1 Å². The van der Waals surface area contributed by atoms with E-state index in [1.807, 2.05) is 79.7 Å². The summed E-state index contributed by atoms with van der Waals surface area (Å²) in [6.45, 7) is 4.16. The average molecular weight is 426 g/mol. The summed E-state index contributed by atoms with van der Waals surface area (Å²) in [6, 6.07) is 19.5. The maximum Gasteiger partial charge on any atom is 0.258 e. The highest BCUT2D eigenvalue weighted by Crippen LogP contribution is 2.39. The summed E-state index contributed by atoms with van der Waals surface area (Å²) in [5, 5.41) is 3.06. The van der Waals surface area contributed by atoms with Crippen LogP contribution >= 0.6 is 0 Å². The maximum atomic E-state index is 13.6. The van der Waals surface area contributed by atoms with Crippen molar-refractivity contribution in [3.63, 3.8) is 0 Å². The van der Waals surface area contributed by atoms with E-state index in [0.29, 0.717) is 11.5 Å². The number of aromatic amines is 1. The van der Waals surface area contributed by atoms with E-state index in [9.17, 15) is 4.79 Å². The summed E-state index contributed by atoms with van der Waals surface area (Å²) in [7, 11) is 3.81. The molecule has 162 valence electrons. The van der Waals surface area contributed by atoms with Crippen molar-refractivity contribution < 1.29 is 4.79 Å². The van der Waals surface area contributed by atoms with Gasteiger partial charge in [-0.3, -0.25) is 4.79 Å². The first kappa shape index (κ1) is 21.3. The van der Waals surface area contributed by atoms with Crippen molar-refractivity contribution in [3.8, 4) is 22.4 Å². The molecule has 0 unspecified atom stereocenters. The molecule has 0 radical (unpaired) electrons. The first-order valence-electron chi connectivity index (χ1n) is 10.6. The molecule has 2 heterocycles. The predicted molar refractivity (Wildman–Crippen MR) is 130 cm³/mol. The number of hydrogen-bond donors (Lipinski definition) is 2. The summed E-state index contributed by atoms with van der Waals surface area (Å²) >= 11 is 0. The number of benzene rings is 2. The van der Waals surface area contributed by atoms with Crippen molar-refractivity contribution in [2.45, 2.75) is 19.8 Å². The van der Waals surface area contributed by atoms with Gasteiger partial charge in [-0.2, -0.15) is 0 Å². The molecule has 4 aromatic rings. The van der Waals surface area contributed by atoms with Gasteiger partial charge in [0.1, 0.15) is 0 Å². The van der Waals surface area contributed by atoms with Gasteiger partial charge in [0.25, 0.3) is 5.91 Å². The molecule has 6 heteroatoms. The van der Waals surface area contributed by atoms with Gasteiger partial charge in [-0.1, -0.05) is 62.4 Å². The third-order valence-electron chi connectivity index (χ3n) is 5.25. The Kier molecular flexibility index (Phi) is 6.03. The van der Waals surface area contributed by atoms with Crippen LogP contribution in [0, 0.1) is 0 Å². The van der Waals surface area contributed by atoms with Crippen molar-refractivity contribution in [3.05, 3.63) is 84.3 Å². The first-order chi connectivity index (χ1) is 15.5. The summed E-state index contributed by atoms with van der Waals surface area (Å²) < 4.78 is 0. The molecule has 4 rings (SSSR count). The molecule has 0 aliphatic rings. The Labute approximate surface area is 188 Å². The van der Waals surface area contributed by atoms with Crippen molar-refractivity contribution in [2.75, 3.05) is 24.3 Å². The second-order valence-electron chi connectivity index (χ2n) is 8.17. The van der Waals surface area contributed by atoms with E-state index in [4.69, 9.17) is 0 Å². The lowest BCUT2D eigenvalue weighted by Crippen LogP contribution is -2.15. The summed E-state index contributed by atoms with van der Waals surface area (Å²) in [5.74, 6) is 0.601. The van der Waals surface area contributed by atoms with Gasteiger partial charge in [-0.05, 0) is 23.6 Å². The van der Waals surface area contributed by atoms with Gasteiger partial charge in [-0.15, -0.1) is 0 Å². The summed E-state index contributed by atoms with van der Waals surface area (Å²) in [6.07, 6.45) is 3.59. The molecule has 2 aromatic heterocycles. The van der Waals surface area contributed by atoms with Crippen LogP contribution in [0.4, 0.5) is 11.6 Å². The number of anilines is 2. The Balaban J connectivity index is 1.90. The lowest BCUT2D eigenvalue weighted by molar-refractivity contribution is 0.102. The molecule has 1 amide bonds. The molecule has 2 aromatic carbocycles. The Morgan fingerprint density at radius 1 is 0.906 bits per heavy atom. The third kappa shape index (κ3) is 4.25. The van der Waals surface area contributed by atoms with Crippen LogP contribution < -0.4 is 10.2 Å². The summed E-state index contributed by atoms with van der Waals surface area (Å²) in [5.41, 5.74) is 5.75. The van der Waals surface area contributed by atoms with E-state index in [0.717, 1.165) is 33.8 Å².